The molecule has 0 radical (unpaired) electrons. The Bertz CT molecular complexity index is 726. The molecule has 0 aliphatic rings. The number of hydrogen-bond donors (Lipinski definition) is 2. The van der Waals surface area contributed by atoms with E-state index in [4.69, 9.17) is 4.74 Å². The predicted octanol–water partition coefficient (Wildman–Crippen LogP) is 3.71. The summed E-state index contributed by atoms with van der Waals surface area (Å²) in [5.41, 5.74) is 0.514. The van der Waals surface area contributed by atoms with Crippen LogP contribution in [0, 0.1) is 5.82 Å². The molecule has 27 heavy (non-hydrogen) atoms. The molecule has 2 amide bonds. The van der Waals surface area contributed by atoms with Gasteiger partial charge >= 0.3 is 6.03 Å². The van der Waals surface area contributed by atoms with E-state index >= 15 is 0 Å². The molecule has 1 atom stereocenters. The fourth-order valence-corrected chi connectivity index (χ4v) is 2.45. The lowest BCUT2D eigenvalue weighted by atomic mass is 10.3. The summed E-state index contributed by atoms with van der Waals surface area (Å²) < 4.78 is 18.4. The first-order chi connectivity index (χ1) is 13.0. The van der Waals surface area contributed by atoms with E-state index in [-0.39, 0.29) is 17.9 Å². The second-order valence-electron chi connectivity index (χ2n) is 6.14. The van der Waals surface area contributed by atoms with Gasteiger partial charge in [-0.05, 0) is 37.6 Å². The lowest BCUT2D eigenvalue weighted by molar-refractivity contribution is 0.190. The summed E-state index contributed by atoms with van der Waals surface area (Å²) >= 11 is 0. The van der Waals surface area contributed by atoms with E-state index in [0.29, 0.717) is 30.6 Å². The van der Waals surface area contributed by atoms with E-state index in [9.17, 15) is 9.18 Å². The highest BCUT2D eigenvalue weighted by Crippen LogP contribution is 2.24. The Labute approximate surface area is 159 Å². The molecule has 146 valence electrons. The van der Waals surface area contributed by atoms with Crippen LogP contribution in [0.2, 0.25) is 0 Å². The maximum atomic E-state index is 13.3. The maximum Gasteiger partial charge on any atom is 0.327 e. The number of benzene rings is 1. The molecule has 0 spiro atoms. The van der Waals surface area contributed by atoms with Crippen molar-refractivity contribution in [3.05, 3.63) is 42.3 Å². The number of nitrogens with zero attached hydrogens (tertiary/aromatic N) is 3. The molecule has 1 unspecified atom stereocenters. The van der Waals surface area contributed by atoms with Gasteiger partial charge in [0.25, 0.3) is 0 Å². The van der Waals surface area contributed by atoms with Crippen molar-refractivity contribution in [3.63, 3.8) is 0 Å². The number of unbranched alkanes of at least 4 members (excludes halogenated alkanes) is 1. The van der Waals surface area contributed by atoms with Crippen molar-refractivity contribution in [2.24, 2.45) is 0 Å². The molecule has 0 fully saturated rings. The van der Waals surface area contributed by atoms with Crippen LogP contribution in [0.5, 0.6) is 0 Å². The van der Waals surface area contributed by atoms with Gasteiger partial charge in [-0.25, -0.2) is 19.1 Å². The molecule has 1 heterocycles. The fourth-order valence-electron chi connectivity index (χ4n) is 2.45. The second kappa shape index (κ2) is 10.4. The van der Waals surface area contributed by atoms with Crippen LogP contribution in [0.25, 0.3) is 0 Å². The van der Waals surface area contributed by atoms with Crippen molar-refractivity contribution in [2.75, 3.05) is 30.5 Å². The Kier molecular flexibility index (Phi) is 7.94. The van der Waals surface area contributed by atoms with E-state index < -0.39 is 0 Å². The molecule has 0 bridgehead atoms. The molecule has 7 nitrogen and oxygen atoms in total. The van der Waals surface area contributed by atoms with Crippen LogP contribution < -0.4 is 15.5 Å². The number of anilines is 3. The largest absolute Gasteiger partial charge is 0.383 e. The Hall–Kier alpha value is -2.74. The Balaban J connectivity index is 2.29. The molecule has 0 saturated heterocycles. The standard InChI is InChI=1S/C19H26FN5O2/c1-4-5-11-22-19(26)25(16-8-6-15(20)7-9-16)17-10-12-21-18(24-17)23-14(2)13-27-3/h6-10,12,14H,4-5,11,13H2,1-3H3,(H,22,26)(H,21,23,24). The molecule has 0 aliphatic heterocycles. The summed E-state index contributed by atoms with van der Waals surface area (Å²) in [7, 11) is 1.62. The number of urea groups is 1. The topological polar surface area (TPSA) is 79.4 Å². The van der Waals surface area contributed by atoms with Gasteiger partial charge in [0.05, 0.1) is 12.3 Å². The van der Waals surface area contributed by atoms with Crippen LogP contribution >= 0.6 is 0 Å². The maximum absolute atomic E-state index is 13.3. The van der Waals surface area contributed by atoms with E-state index in [1.54, 1.807) is 19.4 Å². The molecule has 1 aromatic carbocycles. The Morgan fingerprint density at radius 1 is 1.30 bits per heavy atom. The van der Waals surface area contributed by atoms with Crippen molar-refractivity contribution in [2.45, 2.75) is 32.7 Å². The highest BCUT2D eigenvalue weighted by Gasteiger charge is 2.20. The molecule has 0 aliphatic carbocycles. The predicted molar refractivity (Wildman–Crippen MR) is 104 cm³/mol. The minimum Gasteiger partial charge on any atom is -0.383 e. The van der Waals surface area contributed by atoms with Crippen LogP contribution in [-0.4, -0.2) is 42.3 Å². The average molecular weight is 375 g/mol. The van der Waals surface area contributed by atoms with Crippen LogP contribution in [0.4, 0.5) is 26.6 Å². The first kappa shape index (κ1) is 20.6. The third-order valence-electron chi connectivity index (χ3n) is 3.76. The van der Waals surface area contributed by atoms with Gasteiger partial charge in [0.15, 0.2) is 0 Å². The Morgan fingerprint density at radius 3 is 2.70 bits per heavy atom. The van der Waals surface area contributed by atoms with Gasteiger partial charge in [0, 0.05) is 32.0 Å². The zero-order chi connectivity index (χ0) is 19.6. The molecular weight excluding hydrogens is 349 g/mol. The van der Waals surface area contributed by atoms with Crippen molar-refractivity contribution in [1.82, 2.24) is 15.3 Å². The molecular formula is C19H26FN5O2. The quantitative estimate of drug-likeness (QED) is 0.653. The molecule has 8 heteroatoms. The molecule has 1 aromatic heterocycles. The first-order valence-corrected chi connectivity index (χ1v) is 8.97. The first-order valence-electron chi connectivity index (χ1n) is 8.97. The lowest BCUT2D eigenvalue weighted by Crippen LogP contribution is -2.38. The lowest BCUT2D eigenvalue weighted by Gasteiger charge is -2.23. The molecule has 0 saturated carbocycles. The second-order valence-corrected chi connectivity index (χ2v) is 6.14. The summed E-state index contributed by atoms with van der Waals surface area (Å²) in [5, 5.41) is 5.99. The minimum absolute atomic E-state index is 0.00269. The third-order valence-corrected chi connectivity index (χ3v) is 3.76. The smallest absolute Gasteiger partial charge is 0.327 e. The van der Waals surface area contributed by atoms with Crippen LogP contribution in [0.15, 0.2) is 36.5 Å². The third kappa shape index (κ3) is 6.18. The number of methoxy groups -OCH3 is 1. The number of carbonyl (C=O) groups excluding carboxylic acids is 1. The van der Waals surface area contributed by atoms with E-state index in [1.807, 2.05) is 13.8 Å². The number of aromatic nitrogens is 2. The highest BCUT2D eigenvalue weighted by atomic mass is 19.1. The zero-order valence-electron chi connectivity index (χ0n) is 15.9. The van der Waals surface area contributed by atoms with Crippen molar-refractivity contribution < 1.29 is 13.9 Å². The number of rotatable bonds is 9. The fraction of sp³-hybridized carbons (Fsp3) is 0.421. The normalized spacial score (nSPS) is 11.7. The number of hydrogen-bond acceptors (Lipinski definition) is 5. The number of carbonyl (C=O) groups is 1. The molecule has 2 aromatic rings. The van der Waals surface area contributed by atoms with Gasteiger partial charge in [0.1, 0.15) is 11.6 Å². The van der Waals surface area contributed by atoms with Gasteiger partial charge in [-0.15, -0.1) is 0 Å². The van der Waals surface area contributed by atoms with Crippen LogP contribution in [0.3, 0.4) is 0 Å². The van der Waals surface area contributed by atoms with Gasteiger partial charge < -0.3 is 15.4 Å². The van der Waals surface area contributed by atoms with Crippen molar-refractivity contribution in [3.8, 4) is 0 Å². The SMILES string of the molecule is CCCCNC(=O)N(c1ccc(F)cc1)c1ccnc(NC(C)COC)n1. The number of amides is 2. The van der Waals surface area contributed by atoms with Gasteiger partial charge in [0.2, 0.25) is 5.95 Å². The van der Waals surface area contributed by atoms with E-state index in [1.165, 1.54) is 29.2 Å². The zero-order valence-corrected chi connectivity index (χ0v) is 15.9. The van der Waals surface area contributed by atoms with Crippen LogP contribution in [0.1, 0.15) is 26.7 Å². The summed E-state index contributed by atoms with van der Waals surface area (Å²) in [4.78, 5) is 22.8. The Morgan fingerprint density at radius 2 is 2.04 bits per heavy atom. The summed E-state index contributed by atoms with van der Waals surface area (Å²) in [6.07, 6.45) is 3.41. The van der Waals surface area contributed by atoms with Crippen molar-refractivity contribution >= 4 is 23.5 Å². The van der Waals surface area contributed by atoms with Gasteiger partial charge in [-0.3, -0.25) is 0 Å². The monoisotopic (exact) mass is 375 g/mol. The summed E-state index contributed by atoms with van der Waals surface area (Å²) in [6.45, 7) is 5.03. The highest BCUT2D eigenvalue weighted by molar-refractivity contribution is 5.98. The van der Waals surface area contributed by atoms with E-state index in [0.717, 1.165) is 12.8 Å². The van der Waals surface area contributed by atoms with Gasteiger partial charge in [-0.2, -0.15) is 4.98 Å². The van der Waals surface area contributed by atoms with Gasteiger partial charge in [-0.1, -0.05) is 13.3 Å². The average Bonchev–Trinajstić information content (AvgIpc) is 2.64. The summed E-state index contributed by atoms with van der Waals surface area (Å²) in [5.74, 6) is 0.395. The van der Waals surface area contributed by atoms with Crippen LogP contribution in [-0.2, 0) is 4.74 Å². The molecule has 2 rings (SSSR count). The minimum atomic E-state index is -0.372. The van der Waals surface area contributed by atoms with Crippen molar-refractivity contribution in [1.29, 1.82) is 0 Å². The number of ether oxygens (including phenoxy) is 1. The van der Waals surface area contributed by atoms with E-state index in [2.05, 4.69) is 20.6 Å². The molecule has 2 N–H and O–H groups in total. The summed E-state index contributed by atoms with van der Waals surface area (Å²) in [6, 6.07) is 7.00. The number of nitrogens with one attached hydrogen (secondary N) is 2. The number of halogens is 1.